The van der Waals surface area contributed by atoms with Crippen molar-refractivity contribution >= 4 is 46.0 Å². The molecule has 0 bridgehead atoms. The van der Waals surface area contributed by atoms with Crippen LogP contribution >= 0.6 is 23.4 Å². The number of rotatable bonds is 3. The molecule has 1 amide bonds. The minimum absolute atomic E-state index is 0.133. The number of ether oxygens (including phenoxy) is 1. The maximum absolute atomic E-state index is 15.3. The summed E-state index contributed by atoms with van der Waals surface area (Å²) in [5, 5.41) is 0.602. The van der Waals surface area contributed by atoms with E-state index in [1.165, 1.54) is 12.1 Å². The van der Waals surface area contributed by atoms with Crippen molar-refractivity contribution in [2.75, 3.05) is 37.0 Å². The van der Waals surface area contributed by atoms with Crippen molar-refractivity contribution in [2.24, 2.45) is 5.41 Å². The van der Waals surface area contributed by atoms with Gasteiger partial charge in [0.2, 0.25) is 5.91 Å². The Balaban J connectivity index is 1.59. The van der Waals surface area contributed by atoms with Crippen LogP contribution in [0.4, 0.5) is 14.6 Å². The van der Waals surface area contributed by atoms with E-state index in [9.17, 15) is 14.0 Å². The van der Waals surface area contributed by atoms with Crippen LogP contribution in [0.2, 0.25) is 5.02 Å². The summed E-state index contributed by atoms with van der Waals surface area (Å²) >= 11 is 7.67. The first-order valence-electron chi connectivity index (χ1n) is 13.2. The number of hydrogen-bond acceptors (Lipinski definition) is 6. The third-order valence-electron chi connectivity index (χ3n) is 8.16. The summed E-state index contributed by atoms with van der Waals surface area (Å²) in [6.07, 6.45) is 1.32. The lowest BCUT2D eigenvalue weighted by Crippen LogP contribution is -2.58. The Bertz CT molecular complexity index is 1630. The molecule has 2 aromatic carbocycles. The molecule has 0 radical (unpaired) electrons. The second kappa shape index (κ2) is 9.85. The van der Waals surface area contributed by atoms with Gasteiger partial charge < -0.3 is 14.5 Å². The molecule has 3 aliphatic rings. The molecule has 6 rings (SSSR count). The minimum Gasteiger partial charge on any atom is -0.380 e. The van der Waals surface area contributed by atoms with Crippen LogP contribution in [0.5, 0.6) is 0 Å². The summed E-state index contributed by atoms with van der Waals surface area (Å²) in [4.78, 5) is 35.4. The second-order valence-electron chi connectivity index (χ2n) is 11.2. The van der Waals surface area contributed by atoms with Crippen LogP contribution < -0.4 is 10.6 Å². The smallest absolute Gasteiger partial charge is 0.350 e. The molecule has 210 valence electrons. The zero-order valence-electron chi connectivity index (χ0n) is 22.5. The number of amides is 1. The second-order valence-corrected chi connectivity index (χ2v) is 12.6. The van der Waals surface area contributed by atoms with E-state index in [4.69, 9.17) is 16.3 Å². The van der Waals surface area contributed by atoms with Crippen molar-refractivity contribution in [2.45, 2.75) is 44.3 Å². The maximum Gasteiger partial charge on any atom is 0.350 e. The predicted octanol–water partition coefficient (Wildman–Crippen LogP) is 5.04. The number of piperazine rings is 1. The van der Waals surface area contributed by atoms with Crippen molar-refractivity contribution in [3.05, 3.63) is 63.6 Å². The summed E-state index contributed by atoms with van der Waals surface area (Å²) in [6.45, 7) is 11.9. The highest BCUT2D eigenvalue weighted by atomic mass is 35.5. The summed E-state index contributed by atoms with van der Waals surface area (Å²) < 4.78 is 36.6. The standard InChI is InChI=1S/C29H29ClF2N4O3S/c1-5-23(37)36-16(3)9-34(10-17(36)4)27-19-6-15(2)24(18-7-20(30)22(32)8-21(18)31)26-25(19)35(28(38)33-27)11-29(14-40-26)12-39-13-29/h5-8,16-17H,1,9-14H2,2-4H3/t16-,17+. The van der Waals surface area contributed by atoms with Gasteiger partial charge in [0, 0.05) is 70.4 Å². The number of halogens is 3. The number of carbonyl (C=O) groups excluding carboxylic acids is 1. The number of benzene rings is 2. The van der Waals surface area contributed by atoms with Crippen LogP contribution in [0.3, 0.4) is 0 Å². The SMILES string of the molecule is C=CC(=O)N1[C@H](C)CN(c2nc(=O)n3c4c(c(-c5cc(Cl)c(F)cc5F)c(C)cc24)SCC2(COC2)C3)C[C@@H]1C. The molecule has 0 saturated carbocycles. The molecule has 1 aromatic heterocycles. The van der Waals surface area contributed by atoms with Gasteiger partial charge in [0.1, 0.15) is 17.5 Å². The molecule has 0 aliphatic carbocycles. The number of thioether (sulfide) groups is 1. The minimum atomic E-state index is -0.828. The lowest BCUT2D eigenvalue weighted by atomic mass is 9.88. The van der Waals surface area contributed by atoms with Crippen LogP contribution in [0.15, 0.2) is 40.5 Å². The number of aromatic nitrogens is 2. The van der Waals surface area contributed by atoms with E-state index in [0.29, 0.717) is 55.5 Å². The monoisotopic (exact) mass is 586 g/mol. The first-order chi connectivity index (χ1) is 19.0. The Morgan fingerprint density at radius 1 is 1.20 bits per heavy atom. The number of carbonyl (C=O) groups is 1. The highest BCUT2D eigenvalue weighted by molar-refractivity contribution is 7.99. The average molecular weight is 587 g/mol. The van der Waals surface area contributed by atoms with E-state index in [2.05, 4.69) is 16.5 Å². The zero-order chi connectivity index (χ0) is 28.5. The number of nitrogens with zero attached hydrogens (tertiary/aromatic N) is 4. The Morgan fingerprint density at radius 2 is 1.90 bits per heavy atom. The molecule has 4 heterocycles. The van der Waals surface area contributed by atoms with Crippen molar-refractivity contribution in [3.63, 3.8) is 0 Å². The van der Waals surface area contributed by atoms with Gasteiger partial charge in [-0.25, -0.2) is 13.6 Å². The van der Waals surface area contributed by atoms with E-state index in [1.807, 2.05) is 26.8 Å². The van der Waals surface area contributed by atoms with Gasteiger partial charge in [-0.05, 0) is 44.5 Å². The van der Waals surface area contributed by atoms with E-state index in [0.717, 1.165) is 21.9 Å². The molecule has 2 saturated heterocycles. The fourth-order valence-corrected chi connectivity index (χ4v) is 7.95. The van der Waals surface area contributed by atoms with Gasteiger partial charge in [0.25, 0.3) is 0 Å². The highest BCUT2D eigenvalue weighted by Crippen LogP contribution is 2.48. The summed E-state index contributed by atoms with van der Waals surface area (Å²) in [5.74, 6) is -0.476. The molecule has 11 heteroatoms. The van der Waals surface area contributed by atoms with Crippen LogP contribution in [0.1, 0.15) is 19.4 Å². The summed E-state index contributed by atoms with van der Waals surface area (Å²) in [5.41, 5.74) is 1.57. The van der Waals surface area contributed by atoms with Crippen molar-refractivity contribution in [3.8, 4) is 11.1 Å². The normalized spacial score (nSPS) is 21.9. The Kier molecular flexibility index (Phi) is 6.71. The zero-order valence-corrected chi connectivity index (χ0v) is 24.0. The third kappa shape index (κ3) is 4.23. The van der Waals surface area contributed by atoms with Crippen LogP contribution in [-0.4, -0.2) is 64.5 Å². The average Bonchev–Trinajstić information content (AvgIpc) is 3.07. The van der Waals surface area contributed by atoms with Gasteiger partial charge >= 0.3 is 5.69 Å². The van der Waals surface area contributed by atoms with Crippen molar-refractivity contribution < 1.29 is 18.3 Å². The lowest BCUT2D eigenvalue weighted by Gasteiger charge is -2.44. The van der Waals surface area contributed by atoms with Gasteiger partial charge in [-0.1, -0.05) is 18.2 Å². The number of anilines is 1. The highest BCUT2D eigenvalue weighted by Gasteiger charge is 2.43. The van der Waals surface area contributed by atoms with Gasteiger partial charge in [-0.15, -0.1) is 11.8 Å². The molecule has 2 atom stereocenters. The predicted molar refractivity (Wildman–Crippen MR) is 153 cm³/mol. The van der Waals surface area contributed by atoms with Crippen molar-refractivity contribution in [1.29, 1.82) is 0 Å². The number of aryl methyl sites for hydroxylation is 1. The van der Waals surface area contributed by atoms with E-state index in [1.54, 1.807) is 21.2 Å². The molecule has 3 aromatic rings. The summed E-state index contributed by atoms with van der Waals surface area (Å²) in [7, 11) is 0. The molecule has 0 unspecified atom stereocenters. The van der Waals surface area contributed by atoms with Gasteiger partial charge in [0.15, 0.2) is 0 Å². The van der Waals surface area contributed by atoms with E-state index >= 15 is 4.39 Å². The molecular weight excluding hydrogens is 558 g/mol. The van der Waals surface area contributed by atoms with E-state index < -0.39 is 17.3 Å². The largest absolute Gasteiger partial charge is 0.380 e. The quantitative estimate of drug-likeness (QED) is 0.317. The van der Waals surface area contributed by atoms with Gasteiger partial charge in [-0.3, -0.25) is 9.36 Å². The van der Waals surface area contributed by atoms with Gasteiger partial charge in [-0.2, -0.15) is 4.98 Å². The molecular formula is C29H29ClF2N4O3S. The lowest BCUT2D eigenvalue weighted by molar-refractivity contribution is -0.130. The molecule has 3 aliphatic heterocycles. The maximum atomic E-state index is 15.3. The molecule has 40 heavy (non-hydrogen) atoms. The van der Waals surface area contributed by atoms with Crippen LogP contribution in [-0.2, 0) is 16.1 Å². The van der Waals surface area contributed by atoms with Crippen LogP contribution in [0, 0.1) is 24.0 Å². The van der Waals surface area contributed by atoms with Gasteiger partial charge in [0.05, 0.1) is 23.8 Å². The van der Waals surface area contributed by atoms with Crippen molar-refractivity contribution in [1.82, 2.24) is 14.5 Å². The fourth-order valence-electron chi connectivity index (χ4n) is 6.31. The molecule has 7 nitrogen and oxygen atoms in total. The van der Waals surface area contributed by atoms with E-state index in [-0.39, 0.29) is 34.0 Å². The first-order valence-corrected chi connectivity index (χ1v) is 14.5. The Hall–Kier alpha value is -2.95. The molecule has 2 fully saturated rings. The molecule has 1 spiro atoms. The van der Waals surface area contributed by atoms with Crippen LogP contribution in [0.25, 0.3) is 22.0 Å². The number of hydrogen-bond donors (Lipinski definition) is 0. The first kappa shape index (κ1) is 27.2. The Morgan fingerprint density at radius 3 is 2.52 bits per heavy atom. The summed E-state index contributed by atoms with van der Waals surface area (Å²) in [6, 6.07) is 3.77. The topological polar surface area (TPSA) is 67.7 Å². The molecule has 0 N–H and O–H groups in total. The third-order valence-corrected chi connectivity index (χ3v) is 9.89. The fraction of sp³-hybridized carbons (Fsp3) is 0.414. The Labute approximate surface area is 239 Å².